The minimum Gasteiger partial charge on any atom is -0.312 e. The number of hydrogen-bond donors (Lipinski definition) is 1. The van der Waals surface area contributed by atoms with E-state index in [4.69, 9.17) is 0 Å². The summed E-state index contributed by atoms with van der Waals surface area (Å²) < 4.78 is 0. The number of nitrogens with one attached hydrogen (secondary N) is 1. The van der Waals surface area contributed by atoms with Gasteiger partial charge >= 0.3 is 0 Å². The summed E-state index contributed by atoms with van der Waals surface area (Å²) in [5.41, 5.74) is 0.392. The van der Waals surface area contributed by atoms with Crippen LogP contribution in [0.2, 0.25) is 0 Å². The molecule has 1 fully saturated rings. The lowest BCUT2D eigenvalue weighted by atomic mass is 9.92. The second kappa shape index (κ2) is 6.19. The van der Waals surface area contributed by atoms with Crippen molar-refractivity contribution >= 4 is 0 Å². The largest absolute Gasteiger partial charge is 0.312 e. The Balaban J connectivity index is 2.39. The van der Waals surface area contributed by atoms with Crippen molar-refractivity contribution in [3.8, 4) is 0 Å². The first kappa shape index (κ1) is 15.0. The van der Waals surface area contributed by atoms with Gasteiger partial charge in [0.2, 0.25) is 0 Å². The highest BCUT2D eigenvalue weighted by molar-refractivity contribution is 4.83. The van der Waals surface area contributed by atoms with E-state index in [1.807, 2.05) is 0 Å². The van der Waals surface area contributed by atoms with Crippen LogP contribution in [0.3, 0.4) is 0 Å². The van der Waals surface area contributed by atoms with E-state index in [2.05, 4.69) is 51.8 Å². The summed E-state index contributed by atoms with van der Waals surface area (Å²) >= 11 is 0. The Morgan fingerprint density at radius 1 is 1.24 bits per heavy atom. The Morgan fingerprint density at radius 3 is 2.41 bits per heavy atom. The fourth-order valence-corrected chi connectivity index (χ4v) is 2.73. The third kappa shape index (κ3) is 6.42. The molecule has 2 atom stereocenters. The third-order valence-electron chi connectivity index (χ3n) is 3.28. The molecular weight excluding hydrogens is 208 g/mol. The fourth-order valence-electron chi connectivity index (χ4n) is 2.73. The molecule has 2 unspecified atom stereocenters. The van der Waals surface area contributed by atoms with Crippen molar-refractivity contribution in [2.75, 3.05) is 26.2 Å². The molecule has 0 aliphatic carbocycles. The number of nitrogens with zero attached hydrogens (tertiary/aromatic N) is 1. The van der Waals surface area contributed by atoms with Gasteiger partial charge in [-0.25, -0.2) is 0 Å². The molecule has 17 heavy (non-hydrogen) atoms. The summed E-state index contributed by atoms with van der Waals surface area (Å²) in [4.78, 5) is 2.64. The van der Waals surface area contributed by atoms with Crippen LogP contribution in [-0.2, 0) is 0 Å². The molecule has 1 aliphatic rings. The fraction of sp³-hybridized carbons (Fsp3) is 1.00. The molecule has 0 aromatic heterocycles. The van der Waals surface area contributed by atoms with Crippen LogP contribution in [0.5, 0.6) is 0 Å². The molecule has 1 N–H and O–H groups in total. The van der Waals surface area contributed by atoms with E-state index in [1.165, 1.54) is 26.1 Å². The van der Waals surface area contributed by atoms with Crippen molar-refractivity contribution < 1.29 is 0 Å². The predicted molar refractivity (Wildman–Crippen MR) is 76.3 cm³/mol. The molecule has 2 heteroatoms. The van der Waals surface area contributed by atoms with Crippen molar-refractivity contribution in [1.29, 1.82) is 0 Å². The minimum atomic E-state index is 0.392. The van der Waals surface area contributed by atoms with Gasteiger partial charge in [-0.1, -0.05) is 41.5 Å². The van der Waals surface area contributed by atoms with Gasteiger partial charge in [-0.15, -0.1) is 0 Å². The zero-order chi connectivity index (χ0) is 13.1. The number of likely N-dealkylation sites (tertiary alicyclic amines) is 1. The molecule has 1 heterocycles. The normalized spacial score (nSPS) is 27.7. The Kier molecular flexibility index (Phi) is 5.46. The van der Waals surface area contributed by atoms with E-state index in [1.54, 1.807) is 0 Å². The summed E-state index contributed by atoms with van der Waals surface area (Å²) in [6.07, 6.45) is 1.34. The van der Waals surface area contributed by atoms with Gasteiger partial charge in [-0.05, 0) is 23.7 Å². The van der Waals surface area contributed by atoms with Crippen LogP contribution in [-0.4, -0.2) is 37.1 Å². The minimum absolute atomic E-state index is 0.392. The van der Waals surface area contributed by atoms with Crippen LogP contribution < -0.4 is 5.32 Å². The van der Waals surface area contributed by atoms with Crippen LogP contribution in [0.25, 0.3) is 0 Å². The van der Waals surface area contributed by atoms with E-state index in [-0.39, 0.29) is 0 Å². The first-order chi connectivity index (χ1) is 7.76. The summed E-state index contributed by atoms with van der Waals surface area (Å²) in [5, 5.41) is 3.75. The lowest BCUT2D eigenvalue weighted by Gasteiger charge is -2.38. The first-order valence-corrected chi connectivity index (χ1v) is 7.22. The molecule has 0 aromatic rings. The molecule has 0 radical (unpaired) electrons. The Hall–Kier alpha value is -0.0800. The lowest BCUT2D eigenvalue weighted by Crippen LogP contribution is -2.51. The maximum atomic E-state index is 3.75. The average Bonchev–Trinajstić information content (AvgIpc) is 2.11. The highest BCUT2D eigenvalue weighted by Gasteiger charge is 2.25. The molecule has 0 aromatic carbocycles. The molecule has 0 bridgehead atoms. The Morgan fingerprint density at radius 2 is 1.88 bits per heavy atom. The zero-order valence-electron chi connectivity index (χ0n) is 12.7. The van der Waals surface area contributed by atoms with Gasteiger partial charge in [0.25, 0.3) is 0 Å². The van der Waals surface area contributed by atoms with Crippen LogP contribution in [0, 0.1) is 17.3 Å². The monoisotopic (exact) mass is 240 g/mol. The number of rotatable bonds is 4. The van der Waals surface area contributed by atoms with E-state index >= 15 is 0 Å². The van der Waals surface area contributed by atoms with E-state index < -0.39 is 0 Å². The SMILES string of the molecule is CC(C)CN1CC(C)CC(NCC(C)(C)C)C1. The molecule has 1 rings (SSSR count). The van der Waals surface area contributed by atoms with E-state index in [0.717, 1.165) is 18.4 Å². The smallest absolute Gasteiger partial charge is 0.0198 e. The van der Waals surface area contributed by atoms with Crippen molar-refractivity contribution in [2.45, 2.75) is 54.0 Å². The van der Waals surface area contributed by atoms with Gasteiger partial charge in [0.15, 0.2) is 0 Å². The Labute approximate surface area is 108 Å². The van der Waals surface area contributed by atoms with Gasteiger partial charge in [0, 0.05) is 32.2 Å². The second-order valence-corrected chi connectivity index (χ2v) is 7.59. The van der Waals surface area contributed by atoms with Crippen LogP contribution in [0.1, 0.15) is 48.0 Å². The van der Waals surface area contributed by atoms with Gasteiger partial charge in [-0.2, -0.15) is 0 Å². The van der Waals surface area contributed by atoms with Crippen molar-refractivity contribution in [3.63, 3.8) is 0 Å². The van der Waals surface area contributed by atoms with E-state index in [9.17, 15) is 0 Å². The number of hydrogen-bond acceptors (Lipinski definition) is 2. The highest BCUT2D eigenvalue weighted by atomic mass is 15.2. The summed E-state index contributed by atoms with van der Waals surface area (Å²) in [6, 6.07) is 0.691. The van der Waals surface area contributed by atoms with Crippen molar-refractivity contribution in [2.24, 2.45) is 17.3 Å². The average molecular weight is 240 g/mol. The molecule has 0 spiro atoms. The molecule has 0 saturated carbocycles. The maximum absolute atomic E-state index is 3.75. The quantitative estimate of drug-likeness (QED) is 0.812. The number of piperidine rings is 1. The van der Waals surface area contributed by atoms with Gasteiger partial charge in [0.05, 0.1) is 0 Å². The van der Waals surface area contributed by atoms with E-state index in [0.29, 0.717) is 11.5 Å². The summed E-state index contributed by atoms with van der Waals surface area (Å²) in [6.45, 7) is 18.8. The lowest BCUT2D eigenvalue weighted by molar-refractivity contribution is 0.130. The van der Waals surface area contributed by atoms with Crippen molar-refractivity contribution in [1.82, 2.24) is 10.2 Å². The standard InChI is InChI=1S/C15H32N2/c1-12(2)8-17-9-13(3)7-14(10-17)16-11-15(4,5)6/h12-14,16H,7-11H2,1-6H3. The second-order valence-electron chi connectivity index (χ2n) is 7.59. The molecule has 1 saturated heterocycles. The van der Waals surface area contributed by atoms with Crippen LogP contribution >= 0.6 is 0 Å². The molecule has 1 aliphatic heterocycles. The van der Waals surface area contributed by atoms with Crippen LogP contribution in [0.15, 0.2) is 0 Å². The van der Waals surface area contributed by atoms with Gasteiger partial charge in [-0.3, -0.25) is 0 Å². The summed E-state index contributed by atoms with van der Waals surface area (Å²) in [7, 11) is 0. The van der Waals surface area contributed by atoms with Crippen LogP contribution in [0.4, 0.5) is 0 Å². The zero-order valence-corrected chi connectivity index (χ0v) is 12.7. The van der Waals surface area contributed by atoms with Crippen molar-refractivity contribution in [3.05, 3.63) is 0 Å². The third-order valence-corrected chi connectivity index (χ3v) is 3.28. The van der Waals surface area contributed by atoms with Gasteiger partial charge in [0.1, 0.15) is 0 Å². The molecular formula is C15H32N2. The van der Waals surface area contributed by atoms with Gasteiger partial charge < -0.3 is 10.2 Å². The first-order valence-electron chi connectivity index (χ1n) is 7.22. The topological polar surface area (TPSA) is 15.3 Å². The highest BCUT2D eigenvalue weighted by Crippen LogP contribution is 2.19. The molecule has 0 amide bonds. The Bertz CT molecular complexity index is 215. The maximum Gasteiger partial charge on any atom is 0.0198 e. The molecule has 2 nitrogen and oxygen atoms in total. The predicted octanol–water partition coefficient (Wildman–Crippen LogP) is 2.99. The summed E-state index contributed by atoms with van der Waals surface area (Å²) in [5.74, 6) is 1.61. The molecule has 102 valence electrons.